The van der Waals surface area contributed by atoms with Crippen molar-refractivity contribution in [3.8, 4) is 11.4 Å². The van der Waals surface area contributed by atoms with Crippen molar-refractivity contribution in [2.45, 2.75) is 32.5 Å². The van der Waals surface area contributed by atoms with Crippen LogP contribution in [0.3, 0.4) is 0 Å². The number of para-hydroxylation sites is 1. The fourth-order valence-electron chi connectivity index (χ4n) is 3.19. The molecule has 1 N–H and O–H groups in total. The highest BCUT2D eigenvalue weighted by atomic mass is 16.5. The van der Waals surface area contributed by atoms with E-state index >= 15 is 0 Å². The van der Waals surface area contributed by atoms with Gasteiger partial charge in [0.05, 0.1) is 5.69 Å². The molecule has 25 heavy (non-hydrogen) atoms. The van der Waals surface area contributed by atoms with Crippen molar-refractivity contribution in [1.82, 2.24) is 9.78 Å². The van der Waals surface area contributed by atoms with Crippen molar-refractivity contribution in [2.24, 2.45) is 0 Å². The lowest BCUT2D eigenvalue weighted by atomic mass is 10.2. The van der Waals surface area contributed by atoms with Crippen LogP contribution in [-0.4, -0.2) is 14.9 Å². The summed E-state index contributed by atoms with van der Waals surface area (Å²) in [7, 11) is 0. The van der Waals surface area contributed by atoms with Crippen LogP contribution in [0.1, 0.15) is 29.1 Å². The maximum Gasteiger partial charge on any atom is 0.227 e. The molecule has 0 amide bonds. The lowest BCUT2D eigenvalue weighted by molar-refractivity contribution is 0.235. The summed E-state index contributed by atoms with van der Waals surface area (Å²) in [4.78, 5) is 12.0. The molecule has 6 heteroatoms. The lowest BCUT2D eigenvalue weighted by Crippen LogP contribution is -2.09. The van der Waals surface area contributed by atoms with Gasteiger partial charge in [-0.1, -0.05) is 18.2 Å². The second-order valence-electron chi connectivity index (χ2n) is 5.99. The molecule has 128 valence electrons. The molecule has 0 fully saturated rings. The molecular weight excluding hydrogens is 320 g/mol. The maximum absolute atomic E-state index is 12.0. The van der Waals surface area contributed by atoms with Gasteiger partial charge in [0.25, 0.3) is 0 Å². The lowest BCUT2D eigenvalue weighted by Gasteiger charge is -2.05. The van der Waals surface area contributed by atoms with Crippen LogP contribution in [0.5, 0.6) is 5.75 Å². The Kier molecular flexibility index (Phi) is 4.11. The molecule has 2 aromatic heterocycles. The number of hydrogen-bond acceptors (Lipinski definition) is 5. The molecular formula is C19H18N2O4. The zero-order chi connectivity index (χ0) is 17.2. The minimum absolute atomic E-state index is 0.123. The Morgan fingerprint density at radius 1 is 1.24 bits per heavy atom. The van der Waals surface area contributed by atoms with E-state index in [1.54, 1.807) is 0 Å². The number of nitrogens with zero attached hydrogens (tertiary/aromatic N) is 2. The normalized spacial score (nSPS) is 13.0. The topological polar surface area (TPSA) is 77.5 Å². The molecule has 0 spiro atoms. The largest absolute Gasteiger partial charge is 0.480 e. The first-order chi connectivity index (χ1) is 12.3. The van der Waals surface area contributed by atoms with Gasteiger partial charge >= 0.3 is 0 Å². The Morgan fingerprint density at radius 3 is 2.84 bits per heavy atom. The van der Waals surface area contributed by atoms with Crippen molar-refractivity contribution >= 4 is 0 Å². The highest BCUT2D eigenvalue weighted by Crippen LogP contribution is 2.28. The zero-order valence-electron chi connectivity index (χ0n) is 13.6. The number of aliphatic hydroxyl groups is 1. The predicted molar refractivity (Wildman–Crippen MR) is 90.8 cm³/mol. The van der Waals surface area contributed by atoms with Crippen LogP contribution in [0.25, 0.3) is 5.69 Å². The third-order valence-corrected chi connectivity index (χ3v) is 4.39. The van der Waals surface area contributed by atoms with E-state index < -0.39 is 0 Å². The number of ether oxygens (including phenoxy) is 1. The summed E-state index contributed by atoms with van der Waals surface area (Å²) in [6, 6.07) is 11.2. The van der Waals surface area contributed by atoms with E-state index in [0.717, 1.165) is 30.6 Å². The summed E-state index contributed by atoms with van der Waals surface area (Å²) in [6.07, 6.45) is 4.30. The van der Waals surface area contributed by atoms with Gasteiger partial charge in [-0.15, -0.1) is 0 Å². The van der Waals surface area contributed by atoms with Crippen molar-refractivity contribution in [2.75, 3.05) is 0 Å². The van der Waals surface area contributed by atoms with Crippen LogP contribution in [0.15, 0.2) is 51.9 Å². The first-order valence-electron chi connectivity index (χ1n) is 8.26. The summed E-state index contributed by atoms with van der Waals surface area (Å²) in [6.45, 7) is -0.101. The molecule has 1 aliphatic carbocycles. The average molecular weight is 338 g/mol. The molecule has 0 saturated heterocycles. The minimum Gasteiger partial charge on any atom is -0.480 e. The van der Waals surface area contributed by atoms with Crippen LogP contribution in [0.2, 0.25) is 0 Å². The molecule has 0 saturated carbocycles. The van der Waals surface area contributed by atoms with Gasteiger partial charge in [-0.25, -0.2) is 4.68 Å². The van der Waals surface area contributed by atoms with E-state index in [1.165, 1.54) is 23.6 Å². The molecule has 2 heterocycles. The van der Waals surface area contributed by atoms with E-state index in [1.807, 2.05) is 35.0 Å². The third kappa shape index (κ3) is 2.96. The van der Waals surface area contributed by atoms with E-state index in [4.69, 9.17) is 19.4 Å². The summed E-state index contributed by atoms with van der Waals surface area (Å²) in [5.74, 6) is 0.338. The summed E-state index contributed by atoms with van der Waals surface area (Å²) < 4.78 is 12.7. The summed E-state index contributed by atoms with van der Waals surface area (Å²) in [5, 5.41) is 13.7. The third-order valence-electron chi connectivity index (χ3n) is 4.39. The molecule has 0 aliphatic heterocycles. The molecule has 1 aliphatic rings. The summed E-state index contributed by atoms with van der Waals surface area (Å²) >= 11 is 0. The van der Waals surface area contributed by atoms with E-state index in [-0.39, 0.29) is 30.2 Å². The molecule has 0 radical (unpaired) electrons. The quantitative estimate of drug-likeness (QED) is 0.773. The van der Waals surface area contributed by atoms with Crippen LogP contribution in [-0.2, 0) is 26.1 Å². The second kappa shape index (κ2) is 6.57. The van der Waals surface area contributed by atoms with Gasteiger partial charge in [-0.05, 0) is 31.4 Å². The number of aromatic nitrogens is 2. The first kappa shape index (κ1) is 15.7. The van der Waals surface area contributed by atoms with Gasteiger partial charge in [0.15, 0.2) is 0 Å². The standard InChI is InChI=1S/C19H18N2O4/c22-10-14-9-18(23)19(12-24-14)25-11-16-15-7-4-8-17(15)21(20-16)13-5-2-1-3-6-13/h1-3,5-6,9,12,22H,4,7-8,10-11H2. The van der Waals surface area contributed by atoms with Crippen LogP contribution in [0.4, 0.5) is 0 Å². The fourth-order valence-corrected chi connectivity index (χ4v) is 3.19. The van der Waals surface area contributed by atoms with Gasteiger partial charge in [0.1, 0.15) is 30.9 Å². The van der Waals surface area contributed by atoms with Crippen LogP contribution in [0, 0.1) is 0 Å². The van der Waals surface area contributed by atoms with E-state index in [0.29, 0.717) is 0 Å². The molecule has 6 nitrogen and oxygen atoms in total. The molecule has 4 rings (SSSR count). The molecule has 0 unspecified atom stereocenters. The maximum atomic E-state index is 12.0. The smallest absolute Gasteiger partial charge is 0.227 e. The first-order valence-corrected chi connectivity index (χ1v) is 8.26. The Hall–Kier alpha value is -2.86. The molecule has 0 atom stereocenters. The zero-order valence-corrected chi connectivity index (χ0v) is 13.6. The van der Waals surface area contributed by atoms with Gasteiger partial charge in [0.2, 0.25) is 11.2 Å². The van der Waals surface area contributed by atoms with Crippen molar-refractivity contribution in [3.05, 3.63) is 75.6 Å². The minimum atomic E-state index is -0.315. The average Bonchev–Trinajstić information content (AvgIpc) is 3.24. The van der Waals surface area contributed by atoms with Crippen LogP contribution >= 0.6 is 0 Å². The van der Waals surface area contributed by atoms with Gasteiger partial charge < -0.3 is 14.3 Å². The number of rotatable bonds is 5. The van der Waals surface area contributed by atoms with E-state index in [9.17, 15) is 4.79 Å². The highest BCUT2D eigenvalue weighted by Gasteiger charge is 2.23. The number of hydrogen-bond donors (Lipinski definition) is 1. The SMILES string of the molecule is O=c1cc(CO)occ1OCc1nn(-c2ccccc2)c2c1CCC2. The fraction of sp³-hybridized carbons (Fsp3) is 0.263. The second-order valence-corrected chi connectivity index (χ2v) is 5.99. The monoisotopic (exact) mass is 338 g/mol. The van der Waals surface area contributed by atoms with Gasteiger partial charge in [0, 0.05) is 17.3 Å². The van der Waals surface area contributed by atoms with Crippen molar-refractivity contribution in [3.63, 3.8) is 0 Å². The van der Waals surface area contributed by atoms with Crippen LogP contribution < -0.4 is 10.2 Å². The molecule has 0 bridgehead atoms. The molecule has 3 aromatic rings. The van der Waals surface area contributed by atoms with Gasteiger partial charge in [-0.2, -0.15) is 5.10 Å². The predicted octanol–water partition coefficient (Wildman–Crippen LogP) is 2.39. The Labute approximate surface area is 144 Å². The van der Waals surface area contributed by atoms with Crippen molar-refractivity contribution < 1.29 is 14.3 Å². The Bertz CT molecular complexity index is 944. The number of benzene rings is 1. The Balaban J connectivity index is 1.61. The highest BCUT2D eigenvalue weighted by molar-refractivity contribution is 5.39. The summed E-state index contributed by atoms with van der Waals surface area (Å²) in [5.41, 5.74) is 3.99. The van der Waals surface area contributed by atoms with Gasteiger partial charge in [-0.3, -0.25) is 4.79 Å². The Morgan fingerprint density at radius 2 is 2.08 bits per heavy atom. The van der Waals surface area contributed by atoms with E-state index in [2.05, 4.69) is 0 Å². The van der Waals surface area contributed by atoms with Crippen molar-refractivity contribution in [1.29, 1.82) is 0 Å². The number of fused-ring (bicyclic) bond motifs is 1. The number of aliphatic hydroxyl groups excluding tert-OH is 1. The molecule has 1 aromatic carbocycles.